The first-order chi connectivity index (χ1) is 15.5. The van der Waals surface area contributed by atoms with Crippen LogP contribution in [0.25, 0.3) is 0 Å². The summed E-state index contributed by atoms with van der Waals surface area (Å²) < 4.78 is 43.6. The van der Waals surface area contributed by atoms with E-state index in [0.717, 1.165) is 17.4 Å². The van der Waals surface area contributed by atoms with Crippen LogP contribution < -0.4 is 9.74 Å². The lowest BCUT2D eigenvalue weighted by molar-refractivity contribution is 0.317. The number of oxime groups is 1. The zero-order valence-corrected chi connectivity index (χ0v) is 19.7. The van der Waals surface area contributed by atoms with Crippen molar-refractivity contribution in [2.45, 2.75) is 19.3 Å². The maximum Gasteiger partial charge on any atom is 0.306 e. The number of benzene rings is 2. The monoisotopic (exact) mass is 492 g/mol. The number of hydrogen-bond donors (Lipinski definition) is 1. The molecule has 0 aliphatic carbocycles. The topological polar surface area (TPSA) is 98.0 Å². The molecule has 0 saturated carbocycles. The maximum absolute atomic E-state index is 14.7. The lowest BCUT2D eigenvalue weighted by Crippen LogP contribution is -2.18. The average molecular weight is 493 g/mol. The van der Waals surface area contributed by atoms with E-state index in [1.165, 1.54) is 22.8 Å². The van der Waals surface area contributed by atoms with Crippen molar-refractivity contribution in [2.24, 2.45) is 12.2 Å². The van der Waals surface area contributed by atoms with E-state index in [2.05, 4.69) is 5.16 Å². The van der Waals surface area contributed by atoms with Crippen LogP contribution in [0.1, 0.15) is 34.6 Å². The molecule has 0 bridgehead atoms. The van der Waals surface area contributed by atoms with Gasteiger partial charge >= 0.3 is 10.1 Å². The van der Waals surface area contributed by atoms with Gasteiger partial charge in [-0.3, -0.25) is 4.79 Å². The molecule has 0 fully saturated rings. The average Bonchev–Trinajstić information content (AvgIpc) is 2.72. The van der Waals surface area contributed by atoms with Crippen molar-refractivity contribution in [1.82, 2.24) is 4.57 Å². The summed E-state index contributed by atoms with van der Waals surface area (Å²) in [6, 6.07) is 12.2. The number of pyridine rings is 1. The molecule has 1 atom stereocenters. The number of aryl methyl sites for hydroxylation is 2. The standard InChI is InChI=1S/C23H22ClFN2O5S/c1-14-10-17(24)6-7-18(14)19(12-21(26-29)16-5-9-23(28)27(2)13-16)15-4-8-22(20(25)11-15)32-33(3,30)31/h4-11,13,19,29H,12H2,1-3H3/b26-21+. The molecule has 0 aliphatic heterocycles. The van der Waals surface area contributed by atoms with Crippen LogP contribution in [-0.2, 0) is 17.2 Å². The van der Waals surface area contributed by atoms with E-state index >= 15 is 0 Å². The maximum atomic E-state index is 14.7. The predicted molar refractivity (Wildman–Crippen MR) is 125 cm³/mol. The Labute approximate surface area is 195 Å². The first-order valence-electron chi connectivity index (χ1n) is 9.81. The van der Waals surface area contributed by atoms with Crippen molar-refractivity contribution in [3.05, 3.63) is 98.2 Å². The van der Waals surface area contributed by atoms with E-state index in [0.29, 0.717) is 16.1 Å². The second-order valence-electron chi connectivity index (χ2n) is 7.65. The van der Waals surface area contributed by atoms with Crippen LogP contribution in [0.4, 0.5) is 4.39 Å². The SMILES string of the molecule is Cc1cc(Cl)ccc1C(C/C(=N\O)c1ccc(=O)n(C)c1)c1ccc(OS(C)(=O)=O)c(F)c1. The zero-order chi connectivity index (χ0) is 24.3. The van der Waals surface area contributed by atoms with Gasteiger partial charge < -0.3 is 14.0 Å². The second kappa shape index (κ2) is 9.76. The van der Waals surface area contributed by atoms with Crippen LogP contribution in [0.2, 0.25) is 5.02 Å². The van der Waals surface area contributed by atoms with E-state index < -0.39 is 27.6 Å². The van der Waals surface area contributed by atoms with Crippen molar-refractivity contribution in [2.75, 3.05) is 6.26 Å². The molecule has 0 saturated heterocycles. The highest BCUT2D eigenvalue weighted by atomic mass is 35.5. The molecular weight excluding hydrogens is 471 g/mol. The van der Waals surface area contributed by atoms with Crippen molar-refractivity contribution in [3.8, 4) is 5.75 Å². The lowest BCUT2D eigenvalue weighted by atomic mass is 9.83. The summed E-state index contributed by atoms with van der Waals surface area (Å²) in [6.07, 6.45) is 2.53. The van der Waals surface area contributed by atoms with E-state index in [9.17, 15) is 22.8 Å². The molecule has 0 spiro atoms. The molecule has 7 nitrogen and oxygen atoms in total. The quantitative estimate of drug-likeness (QED) is 0.230. The highest BCUT2D eigenvalue weighted by Crippen LogP contribution is 2.35. The molecule has 1 aromatic heterocycles. The fourth-order valence-corrected chi connectivity index (χ4v) is 4.26. The number of hydrogen-bond acceptors (Lipinski definition) is 6. The van der Waals surface area contributed by atoms with E-state index in [1.807, 2.05) is 6.92 Å². The molecule has 33 heavy (non-hydrogen) atoms. The summed E-state index contributed by atoms with van der Waals surface area (Å²) in [5, 5.41) is 13.7. The van der Waals surface area contributed by atoms with Crippen LogP contribution >= 0.6 is 11.6 Å². The van der Waals surface area contributed by atoms with Crippen LogP contribution in [0.3, 0.4) is 0 Å². The molecule has 1 unspecified atom stereocenters. The molecule has 1 heterocycles. The third kappa shape index (κ3) is 6.00. The highest BCUT2D eigenvalue weighted by molar-refractivity contribution is 7.86. The Morgan fingerprint density at radius 2 is 1.94 bits per heavy atom. The van der Waals surface area contributed by atoms with Crippen LogP contribution in [0.5, 0.6) is 5.75 Å². The minimum absolute atomic E-state index is 0.156. The van der Waals surface area contributed by atoms with E-state index in [-0.39, 0.29) is 17.7 Å². The van der Waals surface area contributed by atoms with Crippen LogP contribution in [-0.4, -0.2) is 30.2 Å². The molecule has 10 heteroatoms. The Balaban J connectivity index is 2.09. The highest BCUT2D eigenvalue weighted by Gasteiger charge is 2.23. The van der Waals surface area contributed by atoms with Gasteiger partial charge in [-0.15, -0.1) is 0 Å². The van der Waals surface area contributed by atoms with Crippen molar-refractivity contribution in [3.63, 3.8) is 0 Å². The van der Waals surface area contributed by atoms with Gasteiger partial charge in [0.1, 0.15) is 0 Å². The van der Waals surface area contributed by atoms with Crippen molar-refractivity contribution in [1.29, 1.82) is 0 Å². The Bertz CT molecular complexity index is 1390. The smallest absolute Gasteiger partial charge is 0.306 e. The summed E-state index contributed by atoms with van der Waals surface area (Å²) in [5.74, 6) is -1.74. The minimum Gasteiger partial charge on any atom is -0.411 e. The molecule has 2 aromatic carbocycles. The van der Waals surface area contributed by atoms with Gasteiger partial charge in [-0.25, -0.2) is 4.39 Å². The van der Waals surface area contributed by atoms with Gasteiger partial charge in [0.15, 0.2) is 11.6 Å². The molecule has 3 rings (SSSR count). The van der Waals surface area contributed by atoms with Crippen molar-refractivity contribution >= 4 is 27.4 Å². The summed E-state index contributed by atoms with van der Waals surface area (Å²) >= 11 is 6.11. The zero-order valence-electron chi connectivity index (χ0n) is 18.1. The molecule has 0 radical (unpaired) electrons. The summed E-state index contributed by atoms with van der Waals surface area (Å²) in [4.78, 5) is 11.7. The molecule has 3 aromatic rings. The summed E-state index contributed by atoms with van der Waals surface area (Å²) in [7, 11) is -2.32. The van der Waals surface area contributed by atoms with E-state index in [4.69, 9.17) is 15.8 Å². The Hall–Kier alpha value is -3.17. The number of aromatic nitrogens is 1. The van der Waals surface area contributed by atoms with Gasteiger partial charge in [0.2, 0.25) is 5.56 Å². The summed E-state index contributed by atoms with van der Waals surface area (Å²) in [5.41, 5.74) is 2.73. The van der Waals surface area contributed by atoms with Crippen LogP contribution in [0, 0.1) is 12.7 Å². The molecule has 174 valence electrons. The molecule has 0 amide bonds. The molecular formula is C23H22ClFN2O5S. The van der Waals surface area contributed by atoms with Gasteiger partial charge in [-0.2, -0.15) is 8.42 Å². The first kappa shape index (κ1) is 24.5. The summed E-state index contributed by atoms with van der Waals surface area (Å²) in [6.45, 7) is 1.85. The Morgan fingerprint density at radius 3 is 2.52 bits per heavy atom. The second-order valence-corrected chi connectivity index (χ2v) is 9.66. The fourth-order valence-electron chi connectivity index (χ4n) is 3.58. The Kier molecular flexibility index (Phi) is 7.24. The Morgan fingerprint density at radius 1 is 1.21 bits per heavy atom. The normalized spacial score (nSPS) is 13.1. The van der Waals surface area contributed by atoms with Crippen LogP contribution in [0.15, 0.2) is 64.7 Å². The number of nitrogens with zero attached hydrogens (tertiary/aromatic N) is 2. The van der Waals surface area contributed by atoms with E-state index in [1.54, 1.807) is 43.6 Å². The molecule has 0 aliphatic rings. The first-order valence-corrected chi connectivity index (χ1v) is 12.0. The third-order valence-corrected chi connectivity index (χ3v) is 5.86. The minimum atomic E-state index is -3.90. The van der Waals surface area contributed by atoms with Gasteiger partial charge in [-0.05, 0) is 53.9 Å². The van der Waals surface area contributed by atoms with Gasteiger partial charge in [0.25, 0.3) is 0 Å². The van der Waals surface area contributed by atoms with Gasteiger partial charge in [-0.1, -0.05) is 28.9 Å². The lowest BCUT2D eigenvalue weighted by Gasteiger charge is -2.22. The van der Waals surface area contributed by atoms with Gasteiger partial charge in [0, 0.05) is 42.2 Å². The largest absolute Gasteiger partial charge is 0.411 e. The molecule has 1 N–H and O–H groups in total. The predicted octanol–water partition coefficient (Wildman–Crippen LogP) is 4.23. The number of rotatable bonds is 7. The van der Waals surface area contributed by atoms with Gasteiger partial charge in [0.05, 0.1) is 12.0 Å². The van der Waals surface area contributed by atoms with Crippen molar-refractivity contribution < 1.29 is 22.2 Å². The fraction of sp³-hybridized carbons (Fsp3) is 0.217. The number of halogens is 2. The third-order valence-electron chi connectivity index (χ3n) is 5.14.